The number of ether oxygens (including phenoxy) is 2. The summed E-state index contributed by atoms with van der Waals surface area (Å²) < 4.78 is 13.0. The maximum absolute atomic E-state index is 5.82. The van der Waals surface area contributed by atoms with E-state index in [1.54, 1.807) is 7.11 Å². The van der Waals surface area contributed by atoms with Gasteiger partial charge in [-0.15, -0.1) is 34.2 Å². The zero-order valence-electron chi connectivity index (χ0n) is 18.3. The van der Waals surface area contributed by atoms with Gasteiger partial charge in [0, 0.05) is 32.8 Å². The number of methoxy groups -OCH3 is 1. The predicted molar refractivity (Wildman–Crippen MR) is 134 cm³/mol. The molecule has 9 heteroatoms. The largest absolute Gasteiger partial charge is 0.497 e. The van der Waals surface area contributed by atoms with Gasteiger partial charge in [0.05, 0.1) is 13.7 Å². The lowest BCUT2D eigenvalue weighted by Crippen LogP contribution is -2.41. The van der Waals surface area contributed by atoms with Gasteiger partial charge < -0.3 is 19.7 Å². The third-order valence-corrected chi connectivity index (χ3v) is 4.66. The maximum atomic E-state index is 5.82. The molecular weight excluding hydrogens is 507 g/mol. The van der Waals surface area contributed by atoms with E-state index in [-0.39, 0.29) is 24.0 Å². The fraction of sp³-hybridized carbons (Fsp3) is 0.409. The van der Waals surface area contributed by atoms with E-state index < -0.39 is 0 Å². The third kappa shape index (κ3) is 7.27. The normalized spacial score (nSPS) is 11.1. The van der Waals surface area contributed by atoms with Crippen LogP contribution in [-0.2, 0) is 6.42 Å². The van der Waals surface area contributed by atoms with Crippen LogP contribution in [0.2, 0.25) is 0 Å². The average Bonchev–Trinajstić information content (AvgIpc) is 3.19. The summed E-state index contributed by atoms with van der Waals surface area (Å²) in [4.78, 5) is 6.83. The molecule has 2 heterocycles. The number of hydrogen-bond acceptors (Lipinski definition) is 5. The topological polar surface area (TPSA) is 76.3 Å². The highest BCUT2D eigenvalue weighted by molar-refractivity contribution is 14.0. The lowest BCUT2D eigenvalue weighted by atomic mass is 10.3. The van der Waals surface area contributed by atoms with Gasteiger partial charge in [-0.05, 0) is 49.7 Å². The van der Waals surface area contributed by atoms with Crippen LogP contribution in [0.25, 0.3) is 5.65 Å². The Bertz CT molecular complexity index is 945. The van der Waals surface area contributed by atoms with Gasteiger partial charge in [-0.25, -0.2) is 0 Å². The van der Waals surface area contributed by atoms with Crippen molar-refractivity contribution in [1.82, 2.24) is 24.8 Å². The second kappa shape index (κ2) is 13.0. The minimum Gasteiger partial charge on any atom is -0.497 e. The summed E-state index contributed by atoms with van der Waals surface area (Å²) in [6.45, 7) is 4.90. The predicted octanol–water partition coefficient (Wildman–Crippen LogP) is 3.26. The van der Waals surface area contributed by atoms with Crippen molar-refractivity contribution in [2.24, 2.45) is 4.99 Å². The molecule has 3 rings (SSSR count). The molecule has 0 spiro atoms. The van der Waals surface area contributed by atoms with E-state index in [0.29, 0.717) is 13.2 Å². The summed E-state index contributed by atoms with van der Waals surface area (Å²) in [7, 11) is 3.67. The highest BCUT2D eigenvalue weighted by atomic mass is 127. The van der Waals surface area contributed by atoms with E-state index in [1.807, 2.05) is 60.1 Å². The Morgan fingerprint density at radius 1 is 1.13 bits per heavy atom. The Labute approximate surface area is 200 Å². The molecule has 0 fully saturated rings. The molecule has 0 aliphatic carbocycles. The van der Waals surface area contributed by atoms with Gasteiger partial charge >= 0.3 is 0 Å². The lowest BCUT2D eigenvalue weighted by Gasteiger charge is -2.22. The van der Waals surface area contributed by atoms with Crippen molar-refractivity contribution in [2.75, 3.05) is 40.4 Å². The van der Waals surface area contributed by atoms with E-state index >= 15 is 0 Å². The summed E-state index contributed by atoms with van der Waals surface area (Å²) >= 11 is 0. The van der Waals surface area contributed by atoms with Gasteiger partial charge in [0.1, 0.15) is 23.9 Å². The molecule has 0 unspecified atom stereocenters. The number of pyridine rings is 1. The number of rotatable bonds is 10. The Morgan fingerprint density at radius 3 is 2.65 bits per heavy atom. The molecule has 2 aromatic heterocycles. The fourth-order valence-corrected chi connectivity index (χ4v) is 3.03. The molecule has 8 nitrogen and oxygen atoms in total. The molecule has 0 aliphatic rings. The van der Waals surface area contributed by atoms with Gasteiger partial charge in [0.15, 0.2) is 11.6 Å². The van der Waals surface area contributed by atoms with Crippen molar-refractivity contribution in [1.29, 1.82) is 0 Å². The number of nitrogens with one attached hydrogen (secondary N) is 1. The summed E-state index contributed by atoms with van der Waals surface area (Å²) in [5, 5.41) is 11.8. The molecule has 1 N–H and O–H groups in total. The quantitative estimate of drug-likeness (QED) is 0.185. The van der Waals surface area contributed by atoms with Crippen molar-refractivity contribution in [3.8, 4) is 11.5 Å². The molecule has 31 heavy (non-hydrogen) atoms. The monoisotopic (exact) mass is 538 g/mol. The number of halogens is 1. The van der Waals surface area contributed by atoms with Crippen LogP contribution in [0.3, 0.4) is 0 Å². The first-order chi connectivity index (χ1) is 14.7. The summed E-state index contributed by atoms with van der Waals surface area (Å²) in [5.41, 5.74) is 0.876. The van der Waals surface area contributed by atoms with Gasteiger partial charge in [0.2, 0.25) is 0 Å². The van der Waals surface area contributed by atoms with E-state index in [0.717, 1.165) is 54.9 Å². The minimum atomic E-state index is 0. The third-order valence-electron chi connectivity index (χ3n) is 4.66. The smallest absolute Gasteiger partial charge is 0.193 e. The Hall–Kier alpha value is -2.56. The number of hydrogen-bond donors (Lipinski definition) is 1. The van der Waals surface area contributed by atoms with Crippen LogP contribution in [0, 0.1) is 0 Å². The molecule has 0 aliphatic heterocycles. The number of benzene rings is 1. The SMILES string of the molecule is CCNC(=NCCCc1nnc2ccccn12)N(C)CCOc1ccc(OC)cc1.I. The standard InChI is InChI=1S/C22H30N6O2.HI/c1-4-23-22(27(2)16-17-30-19-12-10-18(29-3)11-13-19)24-14-7-9-21-26-25-20-8-5-6-15-28(20)21;/h5-6,8,10-13,15H,4,7,9,14,16-17H2,1-3H3,(H,23,24);1H. The molecule has 1 aromatic carbocycles. The van der Waals surface area contributed by atoms with Crippen LogP contribution in [0.5, 0.6) is 11.5 Å². The zero-order valence-corrected chi connectivity index (χ0v) is 20.7. The molecular formula is C22H31IN6O2. The van der Waals surface area contributed by atoms with Crippen molar-refractivity contribution in [3.63, 3.8) is 0 Å². The number of fused-ring (bicyclic) bond motifs is 1. The number of aryl methyl sites for hydroxylation is 1. The van der Waals surface area contributed by atoms with E-state index in [1.165, 1.54) is 0 Å². The number of aromatic nitrogens is 3. The van der Waals surface area contributed by atoms with Crippen molar-refractivity contribution in [2.45, 2.75) is 19.8 Å². The lowest BCUT2D eigenvalue weighted by molar-refractivity contribution is 0.281. The second-order valence-electron chi connectivity index (χ2n) is 6.83. The van der Waals surface area contributed by atoms with Gasteiger partial charge in [-0.1, -0.05) is 6.07 Å². The molecule has 0 saturated heterocycles. The molecule has 168 valence electrons. The number of nitrogens with zero attached hydrogens (tertiary/aromatic N) is 5. The van der Waals surface area contributed by atoms with E-state index in [4.69, 9.17) is 14.5 Å². The molecule has 0 saturated carbocycles. The Balaban J connectivity index is 0.00000341. The van der Waals surface area contributed by atoms with Crippen LogP contribution < -0.4 is 14.8 Å². The number of likely N-dealkylation sites (N-methyl/N-ethyl adjacent to an activating group) is 1. The minimum absolute atomic E-state index is 0. The molecule has 0 bridgehead atoms. The Kier molecular flexibility index (Phi) is 10.3. The van der Waals surface area contributed by atoms with Gasteiger partial charge in [0.25, 0.3) is 0 Å². The zero-order chi connectivity index (χ0) is 21.2. The molecule has 0 atom stereocenters. The van der Waals surface area contributed by atoms with Crippen molar-refractivity contribution >= 4 is 35.6 Å². The van der Waals surface area contributed by atoms with Crippen molar-refractivity contribution < 1.29 is 9.47 Å². The first kappa shape index (κ1) is 24.7. The van der Waals surface area contributed by atoms with Crippen LogP contribution >= 0.6 is 24.0 Å². The van der Waals surface area contributed by atoms with Gasteiger partial charge in [-0.3, -0.25) is 9.39 Å². The highest BCUT2D eigenvalue weighted by Gasteiger charge is 2.07. The highest BCUT2D eigenvalue weighted by Crippen LogP contribution is 2.16. The summed E-state index contributed by atoms with van der Waals surface area (Å²) in [6, 6.07) is 13.5. The summed E-state index contributed by atoms with van der Waals surface area (Å²) in [6.07, 6.45) is 3.73. The Morgan fingerprint density at radius 2 is 1.90 bits per heavy atom. The summed E-state index contributed by atoms with van der Waals surface area (Å²) in [5.74, 6) is 3.49. The van der Waals surface area contributed by atoms with Crippen molar-refractivity contribution in [3.05, 3.63) is 54.5 Å². The van der Waals surface area contributed by atoms with E-state index in [2.05, 4.69) is 27.3 Å². The van der Waals surface area contributed by atoms with Crippen LogP contribution in [0.15, 0.2) is 53.7 Å². The average molecular weight is 538 g/mol. The first-order valence-electron chi connectivity index (χ1n) is 10.3. The van der Waals surface area contributed by atoms with Crippen LogP contribution in [0.1, 0.15) is 19.2 Å². The van der Waals surface area contributed by atoms with Crippen LogP contribution in [0.4, 0.5) is 0 Å². The van der Waals surface area contributed by atoms with Gasteiger partial charge in [-0.2, -0.15) is 0 Å². The molecule has 3 aromatic rings. The van der Waals surface area contributed by atoms with Crippen LogP contribution in [-0.4, -0.2) is 65.9 Å². The van der Waals surface area contributed by atoms with E-state index in [9.17, 15) is 0 Å². The second-order valence-corrected chi connectivity index (χ2v) is 6.83. The molecule has 0 amide bonds. The molecule has 0 radical (unpaired) electrons. The number of guanidine groups is 1. The number of aliphatic imine (C=N–C) groups is 1. The first-order valence-corrected chi connectivity index (χ1v) is 10.3. The fourth-order valence-electron chi connectivity index (χ4n) is 3.03. The maximum Gasteiger partial charge on any atom is 0.193 e.